The molecule has 2 aromatic rings. The zero-order valence-corrected chi connectivity index (χ0v) is 8.92. The van der Waals surface area contributed by atoms with Gasteiger partial charge in [-0.1, -0.05) is 17.7 Å². The predicted molar refractivity (Wildman–Crippen MR) is 58.4 cm³/mol. The Bertz CT molecular complexity index is 460. The van der Waals surface area contributed by atoms with Crippen LogP contribution in [-0.4, -0.2) is 9.78 Å². The molecule has 0 radical (unpaired) electrons. The number of benzene rings is 1. The van der Waals surface area contributed by atoms with Crippen LogP contribution in [0.3, 0.4) is 0 Å². The molecule has 3 heteroatoms. The first-order valence-corrected chi connectivity index (χ1v) is 4.80. The minimum Gasteiger partial charge on any atom is -0.275 e. The van der Waals surface area contributed by atoms with Crippen molar-refractivity contribution in [1.82, 2.24) is 9.78 Å². The molecule has 0 saturated carbocycles. The van der Waals surface area contributed by atoms with E-state index in [1.807, 2.05) is 44.6 Å². The Morgan fingerprint density at radius 1 is 1.36 bits per heavy atom. The van der Waals surface area contributed by atoms with Crippen LogP contribution in [0.2, 0.25) is 5.02 Å². The number of rotatable bonds is 1. The van der Waals surface area contributed by atoms with Crippen LogP contribution in [0.5, 0.6) is 0 Å². The average molecular weight is 207 g/mol. The van der Waals surface area contributed by atoms with Crippen LogP contribution < -0.4 is 0 Å². The van der Waals surface area contributed by atoms with E-state index in [-0.39, 0.29) is 0 Å². The molecule has 0 aliphatic carbocycles. The third-order valence-corrected chi connectivity index (χ3v) is 2.44. The van der Waals surface area contributed by atoms with Crippen LogP contribution in [0.4, 0.5) is 0 Å². The van der Waals surface area contributed by atoms with E-state index in [9.17, 15) is 0 Å². The van der Waals surface area contributed by atoms with Gasteiger partial charge in [0.25, 0.3) is 0 Å². The van der Waals surface area contributed by atoms with Crippen molar-refractivity contribution in [3.63, 3.8) is 0 Å². The van der Waals surface area contributed by atoms with Crippen molar-refractivity contribution in [3.8, 4) is 11.1 Å². The van der Waals surface area contributed by atoms with Gasteiger partial charge in [0.2, 0.25) is 0 Å². The first-order valence-electron chi connectivity index (χ1n) is 4.42. The molecule has 1 heterocycles. The molecule has 0 bridgehead atoms. The summed E-state index contributed by atoms with van der Waals surface area (Å²) in [6.45, 7) is 2.05. The van der Waals surface area contributed by atoms with Crippen molar-refractivity contribution in [3.05, 3.63) is 41.2 Å². The zero-order valence-electron chi connectivity index (χ0n) is 8.16. The van der Waals surface area contributed by atoms with Gasteiger partial charge in [-0.25, -0.2) is 0 Å². The summed E-state index contributed by atoms with van der Waals surface area (Å²) in [5.74, 6) is 0. The summed E-state index contributed by atoms with van der Waals surface area (Å²) in [5, 5.41) is 4.91. The van der Waals surface area contributed by atoms with Gasteiger partial charge in [0.15, 0.2) is 0 Å². The topological polar surface area (TPSA) is 17.8 Å². The first-order chi connectivity index (χ1) is 6.66. The number of aryl methyl sites for hydroxylation is 2. The van der Waals surface area contributed by atoms with Gasteiger partial charge in [0.05, 0.1) is 6.20 Å². The molecule has 0 aliphatic rings. The second kappa shape index (κ2) is 3.46. The molecular weight excluding hydrogens is 196 g/mol. The molecule has 1 aromatic heterocycles. The number of aromatic nitrogens is 2. The third kappa shape index (κ3) is 1.66. The van der Waals surface area contributed by atoms with Crippen molar-refractivity contribution >= 4 is 11.6 Å². The highest BCUT2D eigenvalue weighted by Gasteiger charge is 2.03. The number of hydrogen-bond donors (Lipinski definition) is 0. The van der Waals surface area contributed by atoms with Crippen LogP contribution in [0.15, 0.2) is 30.6 Å². The monoisotopic (exact) mass is 206 g/mol. The summed E-state index contributed by atoms with van der Waals surface area (Å²) >= 11 is 5.89. The van der Waals surface area contributed by atoms with E-state index in [1.54, 1.807) is 4.68 Å². The smallest absolute Gasteiger partial charge is 0.0568 e. The fourth-order valence-corrected chi connectivity index (χ4v) is 1.74. The highest BCUT2D eigenvalue weighted by atomic mass is 35.5. The second-order valence-corrected chi connectivity index (χ2v) is 3.80. The Hall–Kier alpha value is -1.28. The maximum absolute atomic E-state index is 5.89. The van der Waals surface area contributed by atoms with E-state index in [4.69, 9.17) is 11.6 Å². The van der Waals surface area contributed by atoms with Crippen molar-refractivity contribution in [2.24, 2.45) is 7.05 Å². The van der Waals surface area contributed by atoms with Crippen molar-refractivity contribution in [2.45, 2.75) is 6.92 Å². The minimum absolute atomic E-state index is 0.773. The average Bonchev–Trinajstić information content (AvgIpc) is 2.51. The quantitative estimate of drug-likeness (QED) is 0.701. The van der Waals surface area contributed by atoms with Crippen LogP contribution >= 0.6 is 11.6 Å². The SMILES string of the molecule is Cc1cc(Cl)ccc1-c1cnn(C)c1. The van der Waals surface area contributed by atoms with Crippen LogP contribution in [0.1, 0.15) is 5.56 Å². The molecule has 0 unspecified atom stereocenters. The fraction of sp³-hybridized carbons (Fsp3) is 0.182. The molecular formula is C11H11ClN2. The molecule has 14 heavy (non-hydrogen) atoms. The highest BCUT2D eigenvalue weighted by molar-refractivity contribution is 6.30. The number of halogens is 1. The van der Waals surface area contributed by atoms with E-state index in [0.29, 0.717) is 0 Å². The highest BCUT2D eigenvalue weighted by Crippen LogP contribution is 2.25. The summed E-state index contributed by atoms with van der Waals surface area (Å²) in [6, 6.07) is 5.88. The Labute approximate surface area is 88.1 Å². The minimum atomic E-state index is 0.773. The normalized spacial score (nSPS) is 10.5. The van der Waals surface area contributed by atoms with E-state index in [0.717, 1.165) is 10.6 Å². The Morgan fingerprint density at radius 3 is 2.71 bits per heavy atom. The number of hydrogen-bond acceptors (Lipinski definition) is 1. The van der Waals surface area contributed by atoms with Gasteiger partial charge in [-0.2, -0.15) is 5.10 Å². The van der Waals surface area contributed by atoms with E-state index >= 15 is 0 Å². The summed E-state index contributed by atoms with van der Waals surface area (Å²) in [7, 11) is 1.91. The molecule has 0 fully saturated rings. The van der Waals surface area contributed by atoms with Gasteiger partial charge >= 0.3 is 0 Å². The van der Waals surface area contributed by atoms with Gasteiger partial charge in [-0.15, -0.1) is 0 Å². The summed E-state index contributed by atoms with van der Waals surface area (Å²) in [6.07, 6.45) is 3.85. The Kier molecular flexibility index (Phi) is 2.30. The van der Waals surface area contributed by atoms with Gasteiger partial charge in [-0.3, -0.25) is 4.68 Å². The molecule has 72 valence electrons. The van der Waals surface area contributed by atoms with Gasteiger partial charge in [0.1, 0.15) is 0 Å². The summed E-state index contributed by atoms with van der Waals surface area (Å²) < 4.78 is 1.80. The Morgan fingerprint density at radius 2 is 2.14 bits per heavy atom. The lowest BCUT2D eigenvalue weighted by molar-refractivity contribution is 0.768. The van der Waals surface area contributed by atoms with Gasteiger partial charge < -0.3 is 0 Å². The van der Waals surface area contributed by atoms with Crippen LogP contribution in [0.25, 0.3) is 11.1 Å². The number of nitrogens with zero attached hydrogens (tertiary/aromatic N) is 2. The molecule has 0 atom stereocenters. The Balaban J connectivity index is 2.52. The van der Waals surface area contributed by atoms with Crippen molar-refractivity contribution in [1.29, 1.82) is 0 Å². The van der Waals surface area contributed by atoms with Crippen LogP contribution in [0, 0.1) is 6.92 Å². The van der Waals surface area contributed by atoms with E-state index in [1.165, 1.54) is 11.1 Å². The summed E-state index contributed by atoms with van der Waals surface area (Å²) in [4.78, 5) is 0. The molecule has 0 saturated heterocycles. The maximum atomic E-state index is 5.89. The van der Waals surface area contributed by atoms with E-state index in [2.05, 4.69) is 5.10 Å². The molecule has 2 nitrogen and oxygen atoms in total. The molecule has 0 N–H and O–H groups in total. The molecule has 0 amide bonds. The third-order valence-electron chi connectivity index (χ3n) is 2.20. The van der Waals surface area contributed by atoms with Gasteiger partial charge in [-0.05, 0) is 30.2 Å². The fourth-order valence-electron chi connectivity index (χ4n) is 1.51. The largest absolute Gasteiger partial charge is 0.275 e. The lowest BCUT2D eigenvalue weighted by Gasteiger charge is -2.02. The molecule has 2 rings (SSSR count). The first kappa shape index (κ1) is 9.28. The lowest BCUT2D eigenvalue weighted by atomic mass is 10.0. The molecule has 0 spiro atoms. The van der Waals surface area contributed by atoms with Crippen molar-refractivity contribution in [2.75, 3.05) is 0 Å². The van der Waals surface area contributed by atoms with Crippen molar-refractivity contribution < 1.29 is 0 Å². The van der Waals surface area contributed by atoms with E-state index < -0.39 is 0 Å². The molecule has 1 aromatic carbocycles. The maximum Gasteiger partial charge on any atom is 0.0568 e. The lowest BCUT2D eigenvalue weighted by Crippen LogP contribution is -1.84. The molecule has 0 aliphatic heterocycles. The predicted octanol–water partition coefficient (Wildman–Crippen LogP) is 3.05. The van der Waals surface area contributed by atoms with Gasteiger partial charge in [0, 0.05) is 23.8 Å². The second-order valence-electron chi connectivity index (χ2n) is 3.36. The standard InChI is InChI=1S/C11H11ClN2/c1-8-5-10(12)3-4-11(8)9-6-13-14(2)7-9/h3-7H,1-2H3. The van der Waals surface area contributed by atoms with Crippen LogP contribution in [-0.2, 0) is 7.05 Å². The zero-order chi connectivity index (χ0) is 10.1. The summed E-state index contributed by atoms with van der Waals surface area (Å²) in [5.41, 5.74) is 3.48.